The Balaban J connectivity index is 2.12. The Hall–Kier alpha value is -1.32. The number of hydrogen-bond acceptors (Lipinski definition) is 4. The first-order valence-electron chi connectivity index (χ1n) is 6.45. The zero-order chi connectivity index (χ0) is 12.4. The molecule has 1 unspecified atom stereocenters. The van der Waals surface area contributed by atoms with Crippen molar-refractivity contribution in [1.82, 2.24) is 9.97 Å². The number of anilines is 2. The minimum Gasteiger partial charge on any atom is -0.383 e. The van der Waals surface area contributed by atoms with Crippen LogP contribution in [0.3, 0.4) is 0 Å². The molecule has 0 aliphatic heterocycles. The summed E-state index contributed by atoms with van der Waals surface area (Å²) in [7, 11) is 0. The maximum atomic E-state index is 5.86. The van der Waals surface area contributed by atoms with Crippen LogP contribution in [0.5, 0.6) is 0 Å². The van der Waals surface area contributed by atoms with Gasteiger partial charge in [-0.1, -0.05) is 12.8 Å². The third kappa shape index (κ3) is 2.68. The number of hydrogen-bond donors (Lipinski definition) is 2. The Morgan fingerprint density at radius 2 is 1.88 bits per heavy atom. The van der Waals surface area contributed by atoms with Crippen molar-refractivity contribution in [2.24, 2.45) is 5.92 Å². The van der Waals surface area contributed by atoms with Crippen molar-refractivity contribution in [2.75, 3.05) is 11.1 Å². The fourth-order valence-corrected chi connectivity index (χ4v) is 2.58. The molecular formula is C13H22N4. The lowest BCUT2D eigenvalue weighted by atomic mass is 10.00. The van der Waals surface area contributed by atoms with Crippen LogP contribution in [0.2, 0.25) is 0 Å². The van der Waals surface area contributed by atoms with Crippen molar-refractivity contribution in [3.05, 3.63) is 11.4 Å². The Morgan fingerprint density at radius 1 is 1.24 bits per heavy atom. The molecule has 1 saturated carbocycles. The van der Waals surface area contributed by atoms with Crippen molar-refractivity contribution in [3.63, 3.8) is 0 Å². The van der Waals surface area contributed by atoms with E-state index in [1.54, 1.807) is 0 Å². The molecule has 94 valence electrons. The zero-order valence-corrected chi connectivity index (χ0v) is 11.0. The van der Waals surface area contributed by atoms with Gasteiger partial charge in [-0.3, -0.25) is 0 Å². The fourth-order valence-electron chi connectivity index (χ4n) is 2.58. The highest BCUT2D eigenvalue weighted by atomic mass is 15.1. The molecule has 1 fully saturated rings. The standard InChI is InChI=1S/C13H22N4/c1-8-12(14)16-10(3)17-13(8)15-9(2)11-6-4-5-7-11/h9,11H,4-7H2,1-3H3,(H3,14,15,16,17). The van der Waals surface area contributed by atoms with E-state index < -0.39 is 0 Å². The molecule has 4 heteroatoms. The Bertz CT molecular complexity index is 397. The number of aryl methyl sites for hydroxylation is 1. The molecule has 1 aliphatic rings. The van der Waals surface area contributed by atoms with Crippen molar-refractivity contribution < 1.29 is 0 Å². The van der Waals surface area contributed by atoms with Crippen molar-refractivity contribution in [1.29, 1.82) is 0 Å². The lowest BCUT2D eigenvalue weighted by Gasteiger charge is -2.22. The van der Waals surface area contributed by atoms with Crippen LogP contribution >= 0.6 is 0 Å². The smallest absolute Gasteiger partial charge is 0.134 e. The van der Waals surface area contributed by atoms with Crippen molar-refractivity contribution in [2.45, 2.75) is 52.5 Å². The second kappa shape index (κ2) is 4.90. The Kier molecular flexibility index (Phi) is 3.50. The summed E-state index contributed by atoms with van der Waals surface area (Å²) >= 11 is 0. The van der Waals surface area contributed by atoms with Gasteiger partial charge in [0.25, 0.3) is 0 Å². The predicted molar refractivity (Wildman–Crippen MR) is 71.0 cm³/mol. The number of nitrogens with one attached hydrogen (secondary N) is 1. The number of nitrogen functional groups attached to an aromatic ring is 1. The van der Waals surface area contributed by atoms with E-state index in [1.807, 2.05) is 13.8 Å². The highest BCUT2D eigenvalue weighted by Crippen LogP contribution is 2.29. The first-order valence-corrected chi connectivity index (χ1v) is 6.45. The van der Waals surface area contributed by atoms with Gasteiger partial charge in [0, 0.05) is 11.6 Å². The summed E-state index contributed by atoms with van der Waals surface area (Å²) in [5.41, 5.74) is 6.82. The fraction of sp³-hybridized carbons (Fsp3) is 0.692. The third-order valence-corrected chi connectivity index (χ3v) is 3.77. The summed E-state index contributed by atoms with van der Waals surface area (Å²) in [5, 5.41) is 3.50. The lowest BCUT2D eigenvalue weighted by Crippen LogP contribution is -2.25. The molecule has 2 rings (SSSR count). The van der Waals surface area contributed by atoms with E-state index >= 15 is 0 Å². The first-order chi connectivity index (χ1) is 8.08. The summed E-state index contributed by atoms with van der Waals surface area (Å²) in [5.74, 6) is 2.98. The third-order valence-electron chi connectivity index (χ3n) is 3.77. The van der Waals surface area contributed by atoms with Crippen LogP contribution in [0.15, 0.2) is 0 Å². The largest absolute Gasteiger partial charge is 0.383 e. The molecule has 0 amide bonds. The van der Waals surface area contributed by atoms with E-state index in [9.17, 15) is 0 Å². The van der Waals surface area contributed by atoms with Gasteiger partial charge in [0.15, 0.2) is 0 Å². The molecule has 0 bridgehead atoms. The SMILES string of the molecule is Cc1nc(N)c(C)c(NC(C)C2CCCC2)n1. The second-order valence-corrected chi connectivity index (χ2v) is 5.11. The topological polar surface area (TPSA) is 63.8 Å². The summed E-state index contributed by atoms with van der Waals surface area (Å²) in [4.78, 5) is 8.61. The van der Waals surface area contributed by atoms with Crippen LogP contribution < -0.4 is 11.1 Å². The molecule has 1 atom stereocenters. The number of nitrogens with zero attached hydrogens (tertiary/aromatic N) is 2. The van der Waals surface area contributed by atoms with Crippen LogP contribution in [0, 0.1) is 19.8 Å². The molecule has 3 N–H and O–H groups in total. The van der Waals surface area contributed by atoms with Crippen LogP contribution in [0.4, 0.5) is 11.6 Å². The lowest BCUT2D eigenvalue weighted by molar-refractivity contribution is 0.481. The van der Waals surface area contributed by atoms with E-state index in [4.69, 9.17) is 5.73 Å². The van der Waals surface area contributed by atoms with Crippen LogP contribution in [-0.2, 0) is 0 Å². The molecule has 1 aromatic heterocycles. The first kappa shape index (κ1) is 12.1. The summed E-state index contributed by atoms with van der Waals surface area (Å²) in [6, 6.07) is 0.463. The van der Waals surface area contributed by atoms with Crippen LogP contribution in [-0.4, -0.2) is 16.0 Å². The second-order valence-electron chi connectivity index (χ2n) is 5.11. The average Bonchev–Trinajstić information content (AvgIpc) is 2.78. The van der Waals surface area contributed by atoms with Gasteiger partial charge in [-0.05, 0) is 39.5 Å². The summed E-state index contributed by atoms with van der Waals surface area (Å²) in [6.45, 7) is 6.09. The van der Waals surface area contributed by atoms with Gasteiger partial charge in [0.05, 0.1) is 0 Å². The Morgan fingerprint density at radius 3 is 2.53 bits per heavy atom. The molecule has 4 nitrogen and oxygen atoms in total. The predicted octanol–water partition coefficient (Wildman–Crippen LogP) is 2.67. The quantitative estimate of drug-likeness (QED) is 0.844. The normalized spacial score (nSPS) is 18.3. The van der Waals surface area contributed by atoms with E-state index in [-0.39, 0.29) is 0 Å². The molecular weight excluding hydrogens is 212 g/mol. The molecule has 17 heavy (non-hydrogen) atoms. The van der Waals surface area contributed by atoms with Crippen LogP contribution in [0.25, 0.3) is 0 Å². The van der Waals surface area contributed by atoms with E-state index in [0.29, 0.717) is 11.9 Å². The Labute approximate surface area is 103 Å². The van der Waals surface area contributed by atoms with Crippen molar-refractivity contribution >= 4 is 11.6 Å². The number of rotatable bonds is 3. The molecule has 0 saturated heterocycles. The maximum absolute atomic E-state index is 5.86. The van der Waals surface area contributed by atoms with Gasteiger partial charge in [-0.25, -0.2) is 9.97 Å². The molecule has 1 aliphatic carbocycles. The van der Waals surface area contributed by atoms with Gasteiger partial charge in [-0.2, -0.15) is 0 Å². The number of nitrogens with two attached hydrogens (primary N) is 1. The van der Waals surface area contributed by atoms with Gasteiger partial charge in [-0.15, -0.1) is 0 Å². The monoisotopic (exact) mass is 234 g/mol. The number of aromatic nitrogens is 2. The summed E-state index contributed by atoms with van der Waals surface area (Å²) < 4.78 is 0. The van der Waals surface area contributed by atoms with E-state index in [1.165, 1.54) is 25.7 Å². The van der Waals surface area contributed by atoms with Gasteiger partial charge >= 0.3 is 0 Å². The summed E-state index contributed by atoms with van der Waals surface area (Å²) in [6.07, 6.45) is 5.38. The average molecular weight is 234 g/mol. The van der Waals surface area contributed by atoms with E-state index in [2.05, 4.69) is 22.2 Å². The van der Waals surface area contributed by atoms with Crippen LogP contribution in [0.1, 0.15) is 44.0 Å². The molecule has 1 heterocycles. The highest BCUT2D eigenvalue weighted by Gasteiger charge is 2.22. The van der Waals surface area contributed by atoms with Gasteiger partial charge in [0.1, 0.15) is 17.5 Å². The van der Waals surface area contributed by atoms with Crippen molar-refractivity contribution in [3.8, 4) is 0 Å². The maximum Gasteiger partial charge on any atom is 0.134 e. The molecule has 0 radical (unpaired) electrons. The van der Waals surface area contributed by atoms with Gasteiger partial charge in [0.2, 0.25) is 0 Å². The van der Waals surface area contributed by atoms with E-state index in [0.717, 1.165) is 23.1 Å². The molecule has 0 aromatic carbocycles. The molecule has 1 aromatic rings. The minimum atomic E-state index is 0.463. The molecule has 0 spiro atoms. The zero-order valence-electron chi connectivity index (χ0n) is 11.0. The minimum absolute atomic E-state index is 0.463. The van der Waals surface area contributed by atoms with Gasteiger partial charge < -0.3 is 11.1 Å². The highest BCUT2D eigenvalue weighted by molar-refractivity contribution is 5.55.